The summed E-state index contributed by atoms with van der Waals surface area (Å²) < 4.78 is 27.5. The lowest BCUT2D eigenvalue weighted by Crippen LogP contribution is -2.41. The fourth-order valence-electron chi connectivity index (χ4n) is 3.90. The summed E-state index contributed by atoms with van der Waals surface area (Å²) in [6, 6.07) is 9.06. The minimum Gasteiger partial charge on any atom is -0.324 e. The number of amides is 1. The van der Waals surface area contributed by atoms with Crippen molar-refractivity contribution in [3.05, 3.63) is 53.9 Å². The fraction of sp³-hybridized carbons (Fsp3) is 0.400. The molecule has 0 bridgehead atoms. The summed E-state index contributed by atoms with van der Waals surface area (Å²) >= 11 is 0. The van der Waals surface area contributed by atoms with Gasteiger partial charge in [0, 0.05) is 25.2 Å². The summed E-state index contributed by atoms with van der Waals surface area (Å²) in [6.45, 7) is 0.731. The van der Waals surface area contributed by atoms with Crippen molar-refractivity contribution in [3.8, 4) is 0 Å². The maximum Gasteiger partial charge on any atom is 0.243 e. The van der Waals surface area contributed by atoms with Crippen molar-refractivity contribution in [1.82, 2.24) is 9.29 Å². The molecule has 1 fully saturated rings. The van der Waals surface area contributed by atoms with Crippen LogP contribution in [0.4, 0.5) is 5.69 Å². The molecule has 2 heterocycles. The van der Waals surface area contributed by atoms with Crippen molar-refractivity contribution in [3.63, 3.8) is 0 Å². The first-order chi connectivity index (χ1) is 13.0. The number of carbonyl (C=O) groups excluding carboxylic acids is 1. The van der Waals surface area contributed by atoms with Gasteiger partial charge in [0.2, 0.25) is 15.9 Å². The molecule has 1 aromatic heterocycles. The lowest BCUT2D eigenvalue weighted by Gasteiger charge is -2.30. The minimum atomic E-state index is -3.50. The molecule has 1 aliphatic heterocycles. The van der Waals surface area contributed by atoms with E-state index < -0.39 is 10.0 Å². The Balaban J connectivity index is 1.40. The molecule has 1 amide bonds. The number of sulfonamides is 1. The number of aryl methyl sites for hydroxylation is 2. The Hall–Kier alpha value is -2.25. The Morgan fingerprint density at radius 3 is 2.63 bits per heavy atom. The van der Waals surface area contributed by atoms with Crippen molar-refractivity contribution in [2.75, 3.05) is 18.4 Å². The van der Waals surface area contributed by atoms with Gasteiger partial charge in [-0.2, -0.15) is 4.31 Å². The molecular weight excluding hydrogens is 362 g/mol. The molecule has 0 radical (unpaired) electrons. The van der Waals surface area contributed by atoms with Crippen LogP contribution in [0.25, 0.3) is 0 Å². The highest BCUT2D eigenvalue weighted by Crippen LogP contribution is 2.28. The molecule has 6 nitrogen and oxygen atoms in total. The van der Waals surface area contributed by atoms with Crippen LogP contribution in [0, 0.1) is 5.92 Å². The lowest BCUT2D eigenvalue weighted by atomic mass is 9.97. The number of nitrogens with one attached hydrogen (secondary N) is 1. The number of piperidine rings is 1. The van der Waals surface area contributed by atoms with Gasteiger partial charge in [0.05, 0.1) is 16.8 Å². The summed E-state index contributed by atoms with van der Waals surface area (Å²) in [6.07, 6.45) is 7.38. The highest BCUT2D eigenvalue weighted by atomic mass is 32.2. The number of pyridine rings is 1. The van der Waals surface area contributed by atoms with E-state index in [1.807, 2.05) is 12.1 Å². The third-order valence-electron chi connectivity index (χ3n) is 5.46. The highest BCUT2D eigenvalue weighted by molar-refractivity contribution is 7.89. The number of anilines is 1. The summed E-state index contributed by atoms with van der Waals surface area (Å²) in [5.74, 6) is -0.255. The van der Waals surface area contributed by atoms with Gasteiger partial charge in [-0.05, 0) is 67.5 Å². The Morgan fingerprint density at radius 2 is 1.89 bits per heavy atom. The molecule has 142 valence electrons. The molecule has 0 saturated carbocycles. The van der Waals surface area contributed by atoms with E-state index in [0.29, 0.717) is 36.5 Å². The largest absolute Gasteiger partial charge is 0.324 e. The molecule has 1 aliphatic carbocycles. The van der Waals surface area contributed by atoms with Gasteiger partial charge in [0.1, 0.15) is 0 Å². The van der Waals surface area contributed by atoms with Crippen molar-refractivity contribution in [1.29, 1.82) is 0 Å². The summed E-state index contributed by atoms with van der Waals surface area (Å²) in [5, 5.41) is 2.86. The van der Waals surface area contributed by atoms with Crippen LogP contribution in [0.2, 0.25) is 0 Å². The summed E-state index contributed by atoms with van der Waals surface area (Å²) in [4.78, 5) is 16.8. The maximum absolute atomic E-state index is 13.0. The zero-order valence-electron chi connectivity index (χ0n) is 15.1. The second-order valence-corrected chi connectivity index (χ2v) is 9.13. The van der Waals surface area contributed by atoms with Crippen LogP contribution in [0.15, 0.2) is 47.6 Å². The number of nitrogens with zero attached hydrogens (tertiary/aromatic N) is 2. The Bertz CT molecular complexity index is 936. The van der Waals surface area contributed by atoms with Gasteiger partial charge in [0.25, 0.3) is 0 Å². The van der Waals surface area contributed by atoms with Gasteiger partial charge < -0.3 is 5.32 Å². The Kier molecular flexibility index (Phi) is 4.97. The second-order valence-electron chi connectivity index (χ2n) is 7.19. The van der Waals surface area contributed by atoms with E-state index in [0.717, 1.165) is 24.8 Å². The predicted molar refractivity (Wildman–Crippen MR) is 103 cm³/mol. The molecule has 0 spiro atoms. The normalized spacial score (nSPS) is 18.2. The fourth-order valence-corrected chi connectivity index (χ4v) is 5.42. The summed E-state index contributed by atoms with van der Waals surface area (Å²) in [5.41, 5.74) is 3.08. The number of rotatable bonds is 4. The Morgan fingerprint density at radius 1 is 1.11 bits per heavy atom. The van der Waals surface area contributed by atoms with Gasteiger partial charge in [-0.25, -0.2) is 8.42 Å². The Labute approximate surface area is 159 Å². The van der Waals surface area contributed by atoms with Gasteiger partial charge >= 0.3 is 0 Å². The van der Waals surface area contributed by atoms with Gasteiger partial charge in [-0.15, -0.1) is 0 Å². The molecule has 1 saturated heterocycles. The predicted octanol–water partition coefficient (Wildman–Crippen LogP) is 2.61. The van der Waals surface area contributed by atoms with Crippen molar-refractivity contribution in [2.24, 2.45) is 5.92 Å². The number of aromatic nitrogens is 1. The first-order valence-corrected chi connectivity index (χ1v) is 10.8. The molecular formula is C20H23N3O3S. The number of carbonyl (C=O) groups is 1. The third-order valence-corrected chi connectivity index (χ3v) is 7.36. The van der Waals surface area contributed by atoms with E-state index in [1.165, 1.54) is 9.87 Å². The van der Waals surface area contributed by atoms with Crippen LogP contribution in [-0.4, -0.2) is 36.7 Å². The van der Waals surface area contributed by atoms with Crippen LogP contribution < -0.4 is 5.32 Å². The molecule has 2 aliphatic rings. The van der Waals surface area contributed by atoms with Crippen molar-refractivity contribution >= 4 is 21.6 Å². The molecule has 4 rings (SSSR count). The summed E-state index contributed by atoms with van der Waals surface area (Å²) in [7, 11) is -3.50. The standard InChI is InChI=1S/C20H23N3O3S/c24-20(22-18-5-2-10-21-14-18)16-8-11-23(12-9-16)27(25,26)19-7-6-15-3-1-4-17(15)13-19/h2,5-7,10,13-14,16H,1,3-4,8-9,11-12H2,(H,22,24). The van der Waals surface area contributed by atoms with Gasteiger partial charge in [-0.3, -0.25) is 9.78 Å². The van der Waals surface area contributed by atoms with E-state index >= 15 is 0 Å². The number of hydrogen-bond acceptors (Lipinski definition) is 4. The van der Waals surface area contributed by atoms with Crippen LogP contribution in [0.5, 0.6) is 0 Å². The first-order valence-electron chi connectivity index (χ1n) is 9.37. The minimum absolute atomic E-state index is 0.0717. The number of hydrogen-bond donors (Lipinski definition) is 1. The van der Waals surface area contributed by atoms with E-state index in [-0.39, 0.29) is 11.8 Å². The molecule has 0 atom stereocenters. The van der Waals surface area contributed by atoms with Crippen molar-refractivity contribution < 1.29 is 13.2 Å². The average molecular weight is 385 g/mol. The van der Waals surface area contributed by atoms with Crippen LogP contribution >= 0.6 is 0 Å². The molecule has 7 heteroatoms. The second kappa shape index (κ2) is 7.40. The van der Waals surface area contributed by atoms with Crippen LogP contribution in [0.3, 0.4) is 0 Å². The molecule has 2 aromatic rings. The first kappa shape index (κ1) is 18.1. The van der Waals surface area contributed by atoms with E-state index in [4.69, 9.17) is 0 Å². The molecule has 27 heavy (non-hydrogen) atoms. The number of fused-ring (bicyclic) bond motifs is 1. The van der Waals surface area contributed by atoms with Crippen molar-refractivity contribution in [2.45, 2.75) is 37.0 Å². The van der Waals surface area contributed by atoms with E-state index in [9.17, 15) is 13.2 Å². The average Bonchev–Trinajstić information content (AvgIpc) is 3.17. The van der Waals surface area contributed by atoms with E-state index in [2.05, 4.69) is 10.3 Å². The zero-order chi connectivity index (χ0) is 18.9. The number of benzene rings is 1. The van der Waals surface area contributed by atoms with Gasteiger partial charge in [-0.1, -0.05) is 6.07 Å². The molecule has 1 N–H and O–H groups in total. The quantitative estimate of drug-likeness (QED) is 0.877. The van der Waals surface area contributed by atoms with Gasteiger partial charge in [0.15, 0.2) is 0 Å². The highest BCUT2D eigenvalue weighted by Gasteiger charge is 2.32. The van der Waals surface area contributed by atoms with E-state index in [1.54, 1.807) is 30.6 Å². The lowest BCUT2D eigenvalue weighted by molar-refractivity contribution is -0.120. The topological polar surface area (TPSA) is 79.4 Å². The van der Waals surface area contributed by atoms with Crippen LogP contribution in [-0.2, 0) is 27.7 Å². The third kappa shape index (κ3) is 3.75. The zero-order valence-corrected chi connectivity index (χ0v) is 15.9. The molecule has 0 unspecified atom stereocenters. The molecule has 1 aromatic carbocycles. The maximum atomic E-state index is 13.0. The van der Waals surface area contributed by atoms with Crippen LogP contribution in [0.1, 0.15) is 30.4 Å². The smallest absolute Gasteiger partial charge is 0.243 e. The SMILES string of the molecule is O=C(Nc1cccnc1)C1CCN(S(=O)(=O)c2ccc3c(c2)CCC3)CC1. The monoisotopic (exact) mass is 385 g/mol.